The van der Waals surface area contributed by atoms with Crippen molar-refractivity contribution in [2.45, 2.75) is 12.8 Å². The maximum atomic E-state index is 11.8. The quantitative estimate of drug-likeness (QED) is 0.825. The van der Waals surface area contributed by atoms with E-state index in [1.54, 1.807) is 24.3 Å². The molecule has 5 heteroatoms. The van der Waals surface area contributed by atoms with E-state index in [1.165, 1.54) is 0 Å². The number of carbonyl (C=O) groups excluding carboxylic acids is 2. The van der Waals surface area contributed by atoms with Crippen LogP contribution >= 0.6 is 11.6 Å². The summed E-state index contributed by atoms with van der Waals surface area (Å²) in [6.45, 7) is 2.21. The van der Waals surface area contributed by atoms with Crippen LogP contribution in [0.5, 0.6) is 0 Å². The lowest BCUT2D eigenvalue weighted by molar-refractivity contribution is -0.124. The summed E-state index contributed by atoms with van der Waals surface area (Å²) in [5.74, 6) is -0.685. The summed E-state index contributed by atoms with van der Waals surface area (Å²) >= 11 is 5.75. The number of halogens is 1. The highest BCUT2D eigenvalue weighted by Gasteiger charge is 2.11. The number of rotatable bonds is 6. The molecule has 4 nitrogen and oxygen atoms in total. The fraction of sp³-hybridized carbons (Fsp3) is 0.222. The third-order valence-electron chi connectivity index (χ3n) is 3.39. The van der Waals surface area contributed by atoms with Crippen molar-refractivity contribution in [2.75, 3.05) is 13.2 Å². The van der Waals surface area contributed by atoms with Crippen molar-refractivity contribution in [3.05, 3.63) is 70.7 Å². The number of benzene rings is 2. The monoisotopic (exact) mass is 331 g/mol. The second kappa shape index (κ2) is 8.34. The molecule has 1 atom stereocenters. The molecule has 0 fully saturated rings. The molecular formula is C18H18ClNO3. The van der Waals surface area contributed by atoms with Gasteiger partial charge < -0.3 is 10.1 Å². The maximum absolute atomic E-state index is 11.8. The first-order chi connectivity index (χ1) is 11.1. The number of esters is 1. The summed E-state index contributed by atoms with van der Waals surface area (Å²) in [6.07, 6.45) is 0. The Bertz CT molecular complexity index is 656. The van der Waals surface area contributed by atoms with Gasteiger partial charge in [-0.1, -0.05) is 48.9 Å². The number of amides is 1. The lowest BCUT2D eigenvalue weighted by atomic mass is 10.0. The molecule has 0 saturated heterocycles. The zero-order chi connectivity index (χ0) is 16.7. The highest BCUT2D eigenvalue weighted by Crippen LogP contribution is 2.13. The van der Waals surface area contributed by atoms with Crippen LogP contribution in [0, 0.1) is 0 Å². The Morgan fingerprint density at radius 3 is 2.39 bits per heavy atom. The predicted molar refractivity (Wildman–Crippen MR) is 89.6 cm³/mol. The van der Waals surface area contributed by atoms with Crippen molar-refractivity contribution in [3.8, 4) is 0 Å². The Morgan fingerprint density at radius 1 is 1.09 bits per heavy atom. The third-order valence-corrected chi connectivity index (χ3v) is 3.64. The summed E-state index contributed by atoms with van der Waals surface area (Å²) < 4.78 is 4.97. The summed E-state index contributed by atoms with van der Waals surface area (Å²) in [4.78, 5) is 23.5. The number of hydrogen-bond donors (Lipinski definition) is 1. The van der Waals surface area contributed by atoms with Gasteiger partial charge in [-0.2, -0.15) is 0 Å². The number of ether oxygens (including phenoxy) is 1. The molecule has 2 aromatic carbocycles. The first kappa shape index (κ1) is 17.0. The first-order valence-electron chi connectivity index (χ1n) is 7.30. The Labute approximate surface area is 140 Å². The first-order valence-corrected chi connectivity index (χ1v) is 7.68. The van der Waals surface area contributed by atoms with E-state index in [-0.39, 0.29) is 18.4 Å². The van der Waals surface area contributed by atoms with Crippen molar-refractivity contribution < 1.29 is 14.3 Å². The molecule has 1 amide bonds. The van der Waals surface area contributed by atoms with Crippen LogP contribution in [0.4, 0.5) is 0 Å². The van der Waals surface area contributed by atoms with E-state index < -0.39 is 5.97 Å². The fourth-order valence-corrected chi connectivity index (χ4v) is 2.14. The zero-order valence-corrected chi connectivity index (χ0v) is 13.5. The second-order valence-electron chi connectivity index (χ2n) is 5.20. The zero-order valence-electron chi connectivity index (χ0n) is 12.8. The molecule has 23 heavy (non-hydrogen) atoms. The molecule has 120 valence electrons. The van der Waals surface area contributed by atoms with Crippen molar-refractivity contribution >= 4 is 23.5 Å². The molecule has 0 spiro atoms. The minimum absolute atomic E-state index is 0.187. The highest BCUT2D eigenvalue weighted by molar-refractivity contribution is 6.30. The van der Waals surface area contributed by atoms with Crippen LogP contribution in [-0.2, 0) is 9.53 Å². The molecule has 0 unspecified atom stereocenters. The lowest BCUT2D eigenvalue weighted by Gasteiger charge is -2.13. The molecular weight excluding hydrogens is 314 g/mol. The minimum Gasteiger partial charge on any atom is -0.452 e. The van der Waals surface area contributed by atoms with Gasteiger partial charge in [0.25, 0.3) is 5.91 Å². The molecule has 0 radical (unpaired) electrons. The Hall–Kier alpha value is -2.33. The van der Waals surface area contributed by atoms with Crippen molar-refractivity contribution in [1.29, 1.82) is 0 Å². The SMILES string of the molecule is C[C@H](CNC(=O)COC(=O)c1ccc(Cl)cc1)c1ccccc1. The Morgan fingerprint density at radius 2 is 1.74 bits per heavy atom. The second-order valence-corrected chi connectivity index (χ2v) is 5.64. The molecule has 1 N–H and O–H groups in total. The topological polar surface area (TPSA) is 55.4 Å². The molecule has 2 aromatic rings. The van der Waals surface area contributed by atoms with Crippen LogP contribution in [0.2, 0.25) is 5.02 Å². The van der Waals surface area contributed by atoms with Crippen LogP contribution in [0.1, 0.15) is 28.8 Å². The maximum Gasteiger partial charge on any atom is 0.338 e. The number of nitrogens with one attached hydrogen (secondary N) is 1. The average molecular weight is 332 g/mol. The van der Waals surface area contributed by atoms with Gasteiger partial charge in [-0.25, -0.2) is 4.79 Å². The lowest BCUT2D eigenvalue weighted by Crippen LogP contribution is -2.31. The molecule has 0 aliphatic carbocycles. The van der Waals surface area contributed by atoms with E-state index >= 15 is 0 Å². The Balaban J connectivity index is 1.75. The van der Waals surface area contributed by atoms with Gasteiger partial charge in [-0.05, 0) is 35.7 Å². The normalized spacial score (nSPS) is 11.6. The van der Waals surface area contributed by atoms with Crippen molar-refractivity contribution in [2.24, 2.45) is 0 Å². The Kier molecular flexibility index (Phi) is 6.18. The van der Waals surface area contributed by atoms with Crippen LogP contribution < -0.4 is 5.32 Å². The van der Waals surface area contributed by atoms with Gasteiger partial charge >= 0.3 is 5.97 Å². The summed E-state index contributed by atoms with van der Waals surface area (Å²) in [6, 6.07) is 16.2. The molecule has 0 heterocycles. The van der Waals surface area contributed by atoms with Gasteiger partial charge in [-0.3, -0.25) is 4.79 Å². The van der Waals surface area contributed by atoms with E-state index in [0.717, 1.165) is 5.56 Å². The summed E-state index contributed by atoms with van der Waals surface area (Å²) in [7, 11) is 0. The molecule has 2 rings (SSSR count). The van der Waals surface area contributed by atoms with E-state index in [4.69, 9.17) is 16.3 Å². The van der Waals surface area contributed by atoms with Gasteiger partial charge in [0.1, 0.15) is 0 Å². The van der Waals surface area contributed by atoms with E-state index in [1.807, 2.05) is 37.3 Å². The van der Waals surface area contributed by atoms with Crippen LogP contribution in [0.25, 0.3) is 0 Å². The van der Waals surface area contributed by atoms with E-state index in [9.17, 15) is 9.59 Å². The van der Waals surface area contributed by atoms with E-state index in [2.05, 4.69) is 5.32 Å². The molecule has 0 aliphatic rings. The van der Waals surface area contributed by atoms with Gasteiger partial charge in [0, 0.05) is 11.6 Å². The van der Waals surface area contributed by atoms with E-state index in [0.29, 0.717) is 17.1 Å². The largest absolute Gasteiger partial charge is 0.452 e. The predicted octanol–water partition coefficient (Wildman–Crippen LogP) is 3.42. The summed E-state index contributed by atoms with van der Waals surface area (Å²) in [5, 5.41) is 3.30. The standard InChI is InChI=1S/C18H18ClNO3/c1-13(14-5-3-2-4-6-14)11-20-17(21)12-23-18(22)15-7-9-16(19)10-8-15/h2-10,13H,11-12H2,1H3,(H,20,21)/t13-/m1/s1. The average Bonchev–Trinajstić information content (AvgIpc) is 2.59. The molecule has 0 aromatic heterocycles. The van der Waals surface area contributed by atoms with Gasteiger partial charge in [-0.15, -0.1) is 0 Å². The van der Waals surface area contributed by atoms with Gasteiger partial charge in [0.15, 0.2) is 6.61 Å². The molecule has 0 saturated carbocycles. The van der Waals surface area contributed by atoms with Crippen LogP contribution in [0.3, 0.4) is 0 Å². The molecule has 0 bridgehead atoms. The summed E-state index contributed by atoms with van der Waals surface area (Å²) in [5.41, 5.74) is 1.51. The number of carbonyl (C=O) groups is 2. The minimum atomic E-state index is -0.548. The molecule has 0 aliphatic heterocycles. The fourth-order valence-electron chi connectivity index (χ4n) is 2.02. The van der Waals surface area contributed by atoms with Crippen molar-refractivity contribution in [3.63, 3.8) is 0 Å². The van der Waals surface area contributed by atoms with Crippen LogP contribution in [-0.4, -0.2) is 25.0 Å². The van der Waals surface area contributed by atoms with Gasteiger partial charge in [0.2, 0.25) is 0 Å². The van der Waals surface area contributed by atoms with Crippen molar-refractivity contribution in [1.82, 2.24) is 5.32 Å². The smallest absolute Gasteiger partial charge is 0.338 e. The highest BCUT2D eigenvalue weighted by atomic mass is 35.5. The number of hydrogen-bond acceptors (Lipinski definition) is 3. The van der Waals surface area contributed by atoms with Gasteiger partial charge in [0.05, 0.1) is 5.56 Å². The third kappa shape index (κ3) is 5.42. The van der Waals surface area contributed by atoms with Crippen LogP contribution in [0.15, 0.2) is 54.6 Å².